The number of fused-ring (bicyclic) bond motifs is 2. The fourth-order valence-corrected chi connectivity index (χ4v) is 3.89. The Kier molecular flexibility index (Phi) is 5.16. The third-order valence-electron chi connectivity index (χ3n) is 5.47. The zero-order valence-corrected chi connectivity index (χ0v) is 17.2. The Morgan fingerprint density at radius 1 is 1.16 bits per heavy atom. The highest BCUT2D eigenvalue weighted by Gasteiger charge is 2.18. The maximum absolute atomic E-state index is 14.3. The molecule has 0 saturated heterocycles. The van der Waals surface area contributed by atoms with Crippen LogP contribution in [-0.4, -0.2) is 31.0 Å². The number of H-pyrrole nitrogens is 2. The zero-order valence-electron chi connectivity index (χ0n) is 17.2. The molecule has 8 nitrogen and oxygen atoms in total. The molecule has 0 aliphatic heterocycles. The van der Waals surface area contributed by atoms with Gasteiger partial charge in [0.2, 0.25) is 0 Å². The molecule has 3 heterocycles. The molecule has 0 aliphatic rings. The maximum Gasteiger partial charge on any atom is 0.261 e. The summed E-state index contributed by atoms with van der Waals surface area (Å²) in [6.07, 6.45) is 6.53. The standard InChI is InChI=1S/C23H22FN7O/c24-15-3-1-4-17-19(15)21(25)20(23(32)30-17)22-28-16-6-5-14(11-18(16)29-22)12-26-7-2-9-31-10-8-27-13-31/h1,3-6,8,10-11,13,26H,2,7,9,12H2,(H,28,29)(H3,25,30,32). The van der Waals surface area contributed by atoms with Gasteiger partial charge in [0.15, 0.2) is 0 Å². The van der Waals surface area contributed by atoms with Crippen LogP contribution in [0.1, 0.15) is 12.0 Å². The van der Waals surface area contributed by atoms with Crippen molar-refractivity contribution in [3.8, 4) is 11.4 Å². The second kappa shape index (κ2) is 8.27. The second-order valence-electron chi connectivity index (χ2n) is 7.67. The number of hydrogen-bond donors (Lipinski definition) is 4. The molecule has 0 fully saturated rings. The molecule has 0 radical (unpaired) electrons. The minimum Gasteiger partial charge on any atom is -0.397 e. The van der Waals surface area contributed by atoms with Gasteiger partial charge in [0.1, 0.15) is 17.2 Å². The number of aromatic amines is 2. The van der Waals surface area contributed by atoms with Gasteiger partial charge in [-0.05, 0) is 42.8 Å². The summed E-state index contributed by atoms with van der Waals surface area (Å²) in [5.41, 5.74) is 8.92. The first kappa shape index (κ1) is 20.0. The molecule has 0 aliphatic carbocycles. The first-order chi connectivity index (χ1) is 15.6. The lowest BCUT2D eigenvalue weighted by atomic mass is 10.1. The monoisotopic (exact) mass is 431 g/mol. The number of pyridine rings is 1. The number of hydrogen-bond acceptors (Lipinski definition) is 5. The normalized spacial score (nSPS) is 11.5. The number of nitrogen functional groups attached to an aromatic ring is 1. The van der Waals surface area contributed by atoms with E-state index in [0.717, 1.165) is 30.6 Å². The fraction of sp³-hybridized carbons (Fsp3) is 0.174. The van der Waals surface area contributed by atoms with E-state index < -0.39 is 11.4 Å². The Morgan fingerprint density at radius 3 is 2.91 bits per heavy atom. The van der Waals surface area contributed by atoms with E-state index >= 15 is 0 Å². The predicted octanol–water partition coefficient (Wildman–Crippen LogP) is 3.17. The molecule has 2 aromatic carbocycles. The van der Waals surface area contributed by atoms with Crippen molar-refractivity contribution in [2.24, 2.45) is 0 Å². The number of benzene rings is 2. The van der Waals surface area contributed by atoms with Gasteiger partial charge in [0, 0.05) is 25.5 Å². The number of halogens is 1. The quantitative estimate of drug-likeness (QED) is 0.295. The number of rotatable bonds is 7. The highest BCUT2D eigenvalue weighted by molar-refractivity contribution is 5.98. The van der Waals surface area contributed by atoms with Crippen molar-refractivity contribution in [1.29, 1.82) is 0 Å². The molecule has 0 amide bonds. The van der Waals surface area contributed by atoms with Gasteiger partial charge in [-0.3, -0.25) is 4.79 Å². The summed E-state index contributed by atoms with van der Waals surface area (Å²) in [4.78, 5) is 27.1. The lowest BCUT2D eigenvalue weighted by Gasteiger charge is -2.07. The van der Waals surface area contributed by atoms with Crippen LogP contribution in [0, 0.1) is 5.82 Å². The summed E-state index contributed by atoms with van der Waals surface area (Å²) in [5, 5.41) is 3.61. The first-order valence-corrected chi connectivity index (χ1v) is 10.4. The third kappa shape index (κ3) is 3.74. The van der Waals surface area contributed by atoms with Crippen molar-refractivity contribution in [2.75, 3.05) is 12.3 Å². The van der Waals surface area contributed by atoms with Gasteiger partial charge in [-0.1, -0.05) is 12.1 Å². The molecule has 0 unspecified atom stereocenters. The molecule has 5 N–H and O–H groups in total. The molecule has 0 saturated carbocycles. The van der Waals surface area contributed by atoms with Crippen molar-refractivity contribution in [1.82, 2.24) is 29.8 Å². The van der Waals surface area contributed by atoms with Crippen molar-refractivity contribution in [2.45, 2.75) is 19.5 Å². The second-order valence-corrected chi connectivity index (χ2v) is 7.67. The number of nitrogens with one attached hydrogen (secondary N) is 3. The number of nitrogens with two attached hydrogens (primary N) is 1. The molecular weight excluding hydrogens is 409 g/mol. The minimum absolute atomic E-state index is 0.0701. The Hall–Kier alpha value is -3.98. The van der Waals surface area contributed by atoms with Crippen LogP contribution in [0.2, 0.25) is 0 Å². The topological polar surface area (TPSA) is 117 Å². The molecule has 0 spiro atoms. The van der Waals surface area contributed by atoms with Crippen molar-refractivity contribution < 1.29 is 4.39 Å². The van der Waals surface area contributed by atoms with Crippen LogP contribution in [0.3, 0.4) is 0 Å². The van der Waals surface area contributed by atoms with E-state index in [2.05, 4.69) is 25.3 Å². The van der Waals surface area contributed by atoms with Gasteiger partial charge in [-0.25, -0.2) is 14.4 Å². The van der Waals surface area contributed by atoms with E-state index in [1.807, 2.05) is 35.3 Å². The molecular formula is C23H22FN7O. The lowest BCUT2D eigenvalue weighted by Crippen LogP contribution is -2.16. The summed E-state index contributed by atoms with van der Waals surface area (Å²) >= 11 is 0. The van der Waals surface area contributed by atoms with E-state index in [1.165, 1.54) is 12.1 Å². The molecule has 9 heteroatoms. The van der Waals surface area contributed by atoms with Crippen LogP contribution in [-0.2, 0) is 13.1 Å². The number of aromatic nitrogens is 5. The molecule has 5 rings (SSSR count). The van der Waals surface area contributed by atoms with Crippen LogP contribution >= 0.6 is 0 Å². The van der Waals surface area contributed by atoms with E-state index in [9.17, 15) is 9.18 Å². The molecule has 162 valence electrons. The van der Waals surface area contributed by atoms with Crippen LogP contribution < -0.4 is 16.6 Å². The summed E-state index contributed by atoms with van der Waals surface area (Å²) in [6.45, 7) is 2.50. The van der Waals surface area contributed by atoms with Crippen LogP contribution in [0.5, 0.6) is 0 Å². The van der Waals surface area contributed by atoms with Gasteiger partial charge in [0.05, 0.1) is 34.0 Å². The van der Waals surface area contributed by atoms with Crippen LogP contribution in [0.15, 0.2) is 59.9 Å². The molecule has 32 heavy (non-hydrogen) atoms. The fourth-order valence-electron chi connectivity index (χ4n) is 3.89. The summed E-state index contributed by atoms with van der Waals surface area (Å²) in [6, 6.07) is 10.3. The van der Waals surface area contributed by atoms with Gasteiger partial charge < -0.3 is 25.6 Å². The molecule has 5 aromatic rings. The summed E-state index contributed by atoms with van der Waals surface area (Å²) in [7, 11) is 0. The highest BCUT2D eigenvalue weighted by Crippen LogP contribution is 2.29. The van der Waals surface area contributed by atoms with Crippen LogP contribution in [0.25, 0.3) is 33.3 Å². The van der Waals surface area contributed by atoms with E-state index in [-0.39, 0.29) is 16.6 Å². The number of nitrogens with zero attached hydrogens (tertiary/aromatic N) is 3. The lowest BCUT2D eigenvalue weighted by molar-refractivity contribution is 0.581. The van der Waals surface area contributed by atoms with Gasteiger partial charge >= 0.3 is 0 Å². The van der Waals surface area contributed by atoms with E-state index in [0.29, 0.717) is 23.4 Å². The number of anilines is 1. The Bertz CT molecular complexity index is 1450. The minimum atomic E-state index is -0.491. The number of imidazole rings is 2. The van der Waals surface area contributed by atoms with E-state index in [1.54, 1.807) is 12.3 Å². The average Bonchev–Trinajstić information content (AvgIpc) is 3.42. The van der Waals surface area contributed by atoms with Gasteiger partial charge in [-0.15, -0.1) is 0 Å². The average molecular weight is 431 g/mol. The Morgan fingerprint density at radius 2 is 2.06 bits per heavy atom. The predicted molar refractivity (Wildman–Crippen MR) is 123 cm³/mol. The SMILES string of the molecule is Nc1c(-c2nc3ccc(CNCCCn4ccnc4)cc3[nH]2)c(=O)[nH]c2cccc(F)c12. The molecule has 0 bridgehead atoms. The number of aryl methyl sites for hydroxylation is 1. The van der Waals surface area contributed by atoms with Crippen molar-refractivity contribution in [3.05, 3.63) is 76.9 Å². The van der Waals surface area contributed by atoms with Crippen molar-refractivity contribution in [3.63, 3.8) is 0 Å². The Balaban J connectivity index is 1.36. The largest absolute Gasteiger partial charge is 0.397 e. The summed E-state index contributed by atoms with van der Waals surface area (Å²) < 4.78 is 16.4. The smallest absolute Gasteiger partial charge is 0.261 e. The Labute approximate surface area is 182 Å². The van der Waals surface area contributed by atoms with E-state index in [4.69, 9.17) is 5.73 Å². The zero-order chi connectivity index (χ0) is 22.1. The van der Waals surface area contributed by atoms with Crippen LogP contribution in [0.4, 0.5) is 10.1 Å². The van der Waals surface area contributed by atoms with Crippen molar-refractivity contribution >= 4 is 27.6 Å². The molecule has 3 aromatic heterocycles. The highest BCUT2D eigenvalue weighted by atomic mass is 19.1. The first-order valence-electron chi connectivity index (χ1n) is 10.4. The maximum atomic E-state index is 14.3. The summed E-state index contributed by atoms with van der Waals surface area (Å²) in [5.74, 6) is -0.177. The molecule has 0 atom stereocenters. The van der Waals surface area contributed by atoms with Gasteiger partial charge in [-0.2, -0.15) is 0 Å². The third-order valence-corrected chi connectivity index (χ3v) is 5.47. The van der Waals surface area contributed by atoms with Gasteiger partial charge in [0.25, 0.3) is 5.56 Å².